The SMILES string of the molecule is CCc1ccc(CNC(=O)C2CCC(C(=O)O)CC2)cc1. The summed E-state index contributed by atoms with van der Waals surface area (Å²) in [4.78, 5) is 23.0. The number of carbonyl (C=O) groups is 2. The van der Waals surface area contributed by atoms with Gasteiger partial charge in [-0.15, -0.1) is 0 Å². The van der Waals surface area contributed by atoms with Crippen molar-refractivity contribution in [2.45, 2.75) is 45.6 Å². The van der Waals surface area contributed by atoms with Gasteiger partial charge in [-0.25, -0.2) is 0 Å². The van der Waals surface area contributed by atoms with Crippen molar-refractivity contribution in [2.24, 2.45) is 11.8 Å². The highest BCUT2D eigenvalue weighted by Crippen LogP contribution is 2.29. The van der Waals surface area contributed by atoms with Crippen molar-refractivity contribution in [1.29, 1.82) is 0 Å². The van der Waals surface area contributed by atoms with Gasteiger partial charge in [-0.05, 0) is 43.2 Å². The summed E-state index contributed by atoms with van der Waals surface area (Å²) in [7, 11) is 0. The fourth-order valence-electron chi connectivity index (χ4n) is 2.83. The highest BCUT2D eigenvalue weighted by molar-refractivity contribution is 5.79. The molecule has 0 atom stereocenters. The first-order chi connectivity index (χ1) is 10.1. The number of amides is 1. The summed E-state index contributed by atoms with van der Waals surface area (Å²) in [5, 5.41) is 11.9. The zero-order valence-corrected chi connectivity index (χ0v) is 12.5. The molecule has 1 aromatic carbocycles. The van der Waals surface area contributed by atoms with E-state index in [1.54, 1.807) is 0 Å². The van der Waals surface area contributed by atoms with E-state index in [4.69, 9.17) is 5.11 Å². The van der Waals surface area contributed by atoms with Gasteiger partial charge in [0.25, 0.3) is 0 Å². The highest BCUT2D eigenvalue weighted by Gasteiger charge is 2.29. The molecule has 0 bridgehead atoms. The van der Waals surface area contributed by atoms with Crippen molar-refractivity contribution in [3.05, 3.63) is 35.4 Å². The Hall–Kier alpha value is -1.84. The molecule has 0 unspecified atom stereocenters. The van der Waals surface area contributed by atoms with Crippen LogP contribution < -0.4 is 5.32 Å². The fourth-order valence-corrected chi connectivity index (χ4v) is 2.83. The summed E-state index contributed by atoms with van der Waals surface area (Å²) >= 11 is 0. The molecule has 0 aromatic heterocycles. The molecule has 0 heterocycles. The summed E-state index contributed by atoms with van der Waals surface area (Å²) in [5.74, 6) is -0.977. The second-order valence-electron chi connectivity index (χ2n) is 5.77. The van der Waals surface area contributed by atoms with Gasteiger partial charge in [-0.1, -0.05) is 31.2 Å². The number of hydrogen-bond acceptors (Lipinski definition) is 2. The molecule has 1 fully saturated rings. The molecule has 1 saturated carbocycles. The molecule has 0 radical (unpaired) electrons. The maximum absolute atomic E-state index is 12.1. The second kappa shape index (κ2) is 7.25. The average Bonchev–Trinajstić information content (AvgIpc) is 2.53. The van der Waals surface area contributed by atoms with E-state index in [0.717, 1.165) is 12.0 Å². The van der Waals surface area contributed by atoms with E-state index in [1.807, 2.05) is 12.1 Å². The van der Waals surface area contributed by atoms with Crippen LogP contribution in [-0.4, -0.2) is 17.0 Å². The lowest BCUT2D eigenvalue weighted by atomic mass is 9.81. The summed E-state index contributed by atoms with van der Waals surface area (Å²) in [5.41, 5.74) is 2.39. The lowest BCUT2D eigenvalue weighted by molar-refractivity contribution is -0.144. The Morgan fingerprint density at radius 2 is 1.57 bits per heavy atom. The van der Waals surface area contributed by atoms with Gasteiger partial charge in [-0.2, -0.15) is 0 Å². The van der Waals surface area contributed by atoms with Crippen molar-refractivity contribution in [3.8, 4) is 0 Å². The van der Waals surface area contributed by atoms with E-state index < -0.39 is 5.97 Å². The smallest absolute Gasteiger partial charge is 0.306 e. The topological polar surface area (TPSA) is 66.4 Å². The number of benzene rings is 1. The van der Waals surface area contributed by atoms with Crippen molar-refractivity contribution in [1.82, 2.24) is 5.32 Å². The summed E-state index contributed by atoms with van der Waals surface area (Å²) in [6.45, 7) is 2.66. The molecule has 0 aliphatic heterocycles. The van der Waals surface area contributed by atoms with E-state index in [1.165, 1.54) is 5.56 Å². The predicted octanol–water partition coefficient (Wildman–Crippen LogP) is 2.76. The van der Waals surface area contributed by atoms with Gasteiger partial charge in [0.15, 0.2) is 0 Å². The van der Waals surface area contributed by atoms with Crippen LogP contribution in [-0.2, 0) is 22.6 Å². The van der Waals surface area contributed by atoms with Gasteiger partial charge in [0.2, 0.25) is 5.91 Å². The van der Waals surface area contributed by atoms with Gasteiger partial charge in [0, 0.05) is 12.5 Å². The van der Waals surface area contributed by atoms with Crippen LogP contribution in [0.2, 0.25) is 0 Å². The predicted molar refractivity (Wildman–Crippen MR) is 80.8 cm³/mol. The largest absolute Gasteiger partial charge is 0.481 e. The Kier molecular flexibility index (Phi) is 5.37. The molecular formula is C17H23NO3. The lowest BCUT2D eigenvalue weighted by Crippen LogP contribution is -2.34. The molecule has 21 heavy (non-hydrogen) atoms. The summed E-state index contributed by atoms with van der Waals surface area (Å²) in [6, 6.07) is 8.25. The number of aryl methyl sites for hydroxylation is 1. The monoisotopic (exact) mass is 289 g/mol. The first-order valence-electron chi connectivity index (χ1n) is 7.68. The highest BCUT2D eigenvalue weighted by atomic mass is 16.4. The van der Waals surface area contributed by atoms with Gasteiger partial charge in [0.05, 0.1) is 5.92 Å². The molecule has 0 saturated heterocycles. The fraction of sp³-hybridized carbons (Fsp3) is 0.529. The third-order valence-electron chi connectivity index (χ3n) is 4.35. The van der Waals surface area contributed by atoms with Crippen molar-refractivity contribution in [2.75, 3.05) is 0 Å². The van der Waals surface area contributed by atoms with Crippen LogP contribution in [0.4, 0.5) is 0 Å². The summed E-state index contributed by atoms with van der Waals surface area (Å²) < 4.78 is 0. The number of carboxylic acid groups (broad SMARTS) is 1. The van der Waals surface area contributed by atoms with Crippen LogP contribution in [0.1, 0.15) is 43.7 Å². The minimum absolute atomic E-state index is 0.0319. The van der Waals surface area contributed by atoms with Crippen molar-refractivity contribution < 1.29 is 14.7 Å². The number of carbonyl (C=O) groups excluding carboxylic acids is 1. The molecular weight excluding hydrogens is 266 g/mol. The molecule has 2 N–H and O–H groups in total. The molecule has 0 spiro atoms. The minimum atomic E-state index is -0.732. The normalized spacial score (nSPS) is 21.8. The Morgan fingerprint density at radius 1 is 1.05 bits per heavy atom. The molecule has 4 nitrogen and oxygen atoms in total. The standard InChI is InChI=1S/C17H23NO3/c1-2-12-3-5-13(6-4-12)11-18-16(19)14-7-9-15(10-8-14)17(20)21/h3-6,14-15H,2,7-11H2,1H3,(H,18,19)(H,20,21). The van der Waals surface area contributed by atoms with Crippen molar-refractivity contribution in [3.63, 3.8) is 0 Å². The van der Waals surface area contributed by atoms with E-state index in [9.17, 15) is 9.59 Å². The third kappa shape index (κ3) is 4.31. The Labute approximate surface area is 125 Å². The molecule has 4 heteroatoms. The molecule has 114 valence electrons. The Bertz CT molecular complexity index is 487. The molecule has 1 aliphatic carbocycles. The van der Waals surface area contributed by atoms with Crippen molar-refractivity contribution >= 4 is 11.9 Å². The van der Waals surface area contributed by atoms with Crippen LogP contribution in [0.5, 0.6) is 0 Å². The first kappa shape index (κ1) is 15.5. The van der Waals surface area contributed by atoms with Gasteiger partial charge < -0.3 is 10.4 Å². The second-order valence-corrected chi connectivity index (χ2v) is 5.77. The average molecular weight is 289 g/mol. The van der Waals surface area contributed by atoms with Crippen LogP contribution in [0.15, 0.2) is 24.3 Å². The number of carboxylic acids is 1. The molecule has 1 aliphatic rings. The molecule has 1 aromatic rings. The van der Waals surface area contributed by atoms with Gasteiger partial charge >= 0.3 is 5.97 Å². The lowest BCUT2D eigenvalue weighted by Gasteiger charge is -2.25. The first-order valence-corrected chi connectivity index (χ1v) is 7.68. The summed E-state index contributed by atoms with van der Waals surface area (Å²) in [6.07, 6.45) is 3.59. The zero-order chi connectivity index (χ0) is 15.2. The molecule has 2 rings (SSSR count). The van der Waals surface area contributed by atoms with E-state index in [-0.39, 0.29) is 17.7 Å². The Morgan fingerprint density at radius 3 is 2.10 bits per heavy atom. The number of hydrogen-bond donors (Lipinski definition) is 2. The molecule has 1 amide bonds. The van der Waals surface area contributed by atoms with Crippen LogP contribution in [0.25, 0.3) is 0 Å². The minimum Gasteiger partial charge on any atom is -0.481 e. The van der Waals surface area contributed by atoms with Crippen LogP contribution in [0.3, 0.4) is 0 Å². The maximum Gasteiger partial charge on any atom is 0.306 e. The number of rotatable bonds is 5. The van der Waals surface area contributed by atoms with Crippen LogP contribution >= 0.6 is 0 Å². The van der Waals surface area contributed by atoms with E-state index in [2.05, 4.69) is 24.4 Å². The third-order valence-corrected chi connectivity index (χ3v) is 4.35. The number of aliphatic carboxylic acids is 1. The van der Waals surface area contributed by atoms with Crippen LogP contribution in [0, 0.1) is 11.8 Å². The Balaban J connectivity index is 1.78. The quantitative estimate of drug-likeness (QED) is 0.876. The number of nitrogens with one attached hydrogen (secondary N) is 1. The van der Waals surface area contributed by atoms with Gasteiger partial charge in [-0.3, -0.25) is 9.59 Å². The van der Waals surface area contributed by atoms with Gasteiger partial charge in [0.1, 0.15) is 0 Å². The van der Waals surface area contributed by atoms with E-state index in [0.29, 0.717) is 32.2 Å². The van der Waals surface area contributed by atoms with E-state index >= 15 is 0 Å². The maximum atomic E-state index is 12.1. The zero-order valence-electron chi connectivity index (χ0n) is 12.5.